The quantitative estimate of drug-likeness (QED) is 0.594. The van der Waals surface area contributed by atoms with Crippen molar-refractivity contribution in [2.75, 3.05) is 18.5 Å². The lowest BCUT2D eigenvalue weighted by Gasteiger charge is -2.15. The first-order chi connectivity index (χ1) is 13.5. The zero-order valence-electron chi connectivity index (χ0n) is 16.9. The lowest BCUT2D eigenvalue weighted by atomic mass is 10.0. The molecular formula is C23H29N3O2. The van der Waals surface area contributed by atoms with Gasteiger partial charge in [0.2, 0.25) is 5.96 Å². The number of ether oxygens (including phenoxy) is 1. The highest BCUT2D eigenvalue weighted by Gasteiger charge is 2.16. The van der Waals surface area contributed by atoms with Gasteiger partial charge in [-0.05, 0) is 55.5 Å². The van der Waals surface area contributed by atoms with Crippen molar-refractivity contribution >= 4 is 17.6 Å². The number of anilines is 1. The first-order valence-corrected chi connectivity index (χ1v) is 9.92. The predicted octanol–water partition coefficient (Wildman–Crippen LogP) is 4.50. The maximum atomic E-state index is 12.7. The number of aliphatic imine (C=N–C) groups is 1. The highest BCUT2D eigenvalue weighted by atomic mass is 16.5. The molecule has 0 radical (unpaired) electrons. The number of rotatable bonds is 5. The van der Waals surface area contributed by atoms with Gasteiger partial charge in [-0.2, -0.15) is 0 Å². The van der Waals surface area contributed by atoms with E-state index < -0.39 is 0 Å². The first-order valence-electron chi connectivity index (χ1n) is 9.92. The minimum absolute atomic E-state index is 0.120. The van der Waals surface area contributed by atoms with Crippen molar-refractivity contribution in [1.82, 2.24) is 5.32 Å². The number of guanidine groups is 1. The molecule has 0 unspecified atom stereocenters. The van der Waals surface area contributed by atoms with Gasteiger partial charge in [0.15, 0.2) is 0 Å². The molecule has 148 valence electrons. The van der Waals surface area contributed by atoms with E-state index in [-0.39, 0.29) is 12.0 Å². The minimum atomic E-state index is -0.178. The average Bonchev–Trinajstić information content (AvgIpc) is 3.20. The molecule has 1 amide bonds. The maximum absolute atomic E-state index is 12.7. The lowest BCUT2D eigenvalue weighted by molar-refractivity contribution is 0.0975. The van der Waals surface area contributed by atoms with Gasteiger partial charge in [0.1, 0.15) is 0 Å². The van der Waals surface area contributed by atoms with E-state index in [0.717, 1.165) is 30.7 Å². The summed E-state index contributed by atoms with van der Waals surface area (Å²) >= 11 is 0. The molecule has 5 nitrogen and oxygen atoms in total. The first kappa shape index (κ1) is 20.1. The molecule has 0 bridgehead atoms. The van der Waals surface area contributed by atoms with Crippen LogP contribution in [0.2, 0.25) is 0 Å². The van der Waals surface area contributed by atoms with E-state index in [9.17, 15) is 4.79 Å². The Morgan fingerprint density at radius 1 is 1.21 bits per heavy atom. The summed E-state index contributed by atoms with van der Waals surface area (Å²) in [6.45, 7) is 7.60. The van der Waals surface area contributed by atoms with Crippen molar-refractivity contribution in [2.45, 2.75) is 45.6 Å². The maximum Gasteiger partial charge on any atom is 0.257 e. The average molecular weight is 380 g/mol. The Hall–Kier alpha value is -2.66. The largest absolute Gasteiger partial charge is 0.376 e. The molecule has 5 heteroatoms. The second kappa shape index (κ2) is 9.51. The summed E-state index contributed by atoms with van der Waals surface area (Å²) in [5.74, 6) is 0.695. The highest BCUT2D eigenvalue weighted by molar-refractivity contribution is 6.10. The lowest BCUT2D eigenvalue weighted by Crippen LogP contribution is -2.36. The van der Waals surface area contributed by atoms with Gasteiger partial charge in [-0.1, -0.05) is 43.7 Å². The van der Waals surface area contributed by atoms with Crippen LogP contribution < -0.4 is 10.6 Å². The van der Waals surface area contributed by atoms with Crippen LogP contribution >= 0.6 is 0 Å². The number of carbonyl (C=O) groups is 1. The van der Waals surface area contributed by atoms with Crippen molar-refractivity contribution in [3.8, 4) is 0 Å². The molecule has 0 spiro atoms. The predicted molar refractivity (Wildman–Crippen MR) is 114 cm³/mol. The van der Waals surface area contributed by atoms with Gasteiger partial charge in [-0.25, -0.2) is 4.99 Å². The Kier molecular flexibility index (Phi) is 6.82. The zero-order chi connectivity index (χ0) is 19.9. The molecule has 1 aliphatic heterocycles. The van der Waals surface area contributed by atoms with Crippen molar-refractivity contribution in [3.05, 3.63) is 65.2 Å². The third-order valence-electron chi connectivity index (χ3n) is 4.81. The van der Waals surface area contributed by atoms with E-state index >= 15 is 0 Å². The monoisotopic (exact) mass is 379 g/mol. The number of hydrogen-bond donors (Lipinski definition) is 2. The molecule has 1 saturated heterocycles. The molecule has 2 aromatic rings. The molecule has 1 atom stereocenters. The van der Waals surface area contributed by atoms with Gasteiger partial charge in [-0.15, -0.1) is 0 Å². The Bertz CT molecular complexity index is 839. The topological polar surface area (TPSA) is 62.7 Å². The van der Waals surface area contributed by atoms with Crippen LogP contribution in [-0.2, 0) is 4.74 Å². The van der Waals surface area contributed by atoms with Crippen LogP contribution in [0.25, 0.3) is 0 Å². The Balaban J connectivity index is 1.77. The molecular weight excluding hydrogens is 350 g/mol. The fourth-order valence-electron chi connectivity index (χ4n) is 3.17. The van der Waals surface area contributed by atoms with E-state index in [0.29, 0.717) is 24.0 Å². The number of carbonyl (C=O) groups excluding carboxylic acids is 1. The van der Waals surface area contributed by atoms with E-state index in [1.165, 1.54) is 5.56 Å². The number of nitrogens with zero attached hydrogens (tertiary/aromatic N) is 1. The van der Waals surface area contributed by atoms with E-state index in [1.54, 1.807) is 6.07 Å². The van der Waals surface area contributed by atoms with E-state index in [2.05, 4.69) is 41.6 Å². The van der Waals surface area contributed by atoms with Crippen molar-refractivity contribution in [2.24, 2.45) is 4.99 Å². The van der Waals surface area contributed by atoms with E-state index in [1.807, 2.05) is 37.3 Å². The van der Waals surface area contributed by atoms with Crippen LogP contribution in [0.3, 0.4) is 0 Å². The summed E-state index contributed by atoms with van der Waals surface area (Å²) in [5, 5.41) is 6.20. The molecule has 0 aromatic heterocycles. The molecule has 0 saturated carbocycles. The fourth-order valence-corrected chi connectivity index (χ4v) is 3.17. The summed E-state index contributed by atoms with van der Waals surface area (Å²) in [7, 11) is 0. The van der Waals surface area contributed by atoms with Gasteiger partial charge in [0.25, 0.3) is 5.91 Å². The number of nitrogens with one attached hydrogen (secondary N) is 2. The van der Waals surface area contributed by atoms with E-state index in [4.69, 9.17) is 4.74 Å². The number of benzene rings is 2. The summed E-state index contributed by atoms with van der Waals surface area (Å²) in [4.78, 5) is 17.3. The molecule has 0 aliphatic carbocycles. The molecule has 28 heavy (non-hydrogen) atoms. The van der Waals surface area contributed by atoms with Crippen molar-refractivity contribution in [1.29, 1.82) is 0 Å². The standard InChI is InChI=1S/C23H29N3O2/c1-16(2)18-8-5-10-20(14-18)25-23(24-15-21-11-6-12-28-21)26-22(27)19-9-4-7-17(3)13-19/h4-5,7-10,13-14,16,21H,6,11-12,15H2,1-3H3,(H2,24,25,26,27)/t21-/m1/s1. The SMILES string of the molecule is Cc1cccc(C(=O)NC(=NC[C@H]2CCCO2)Nc2cccc(C(C)C)c2)c1. The summed E-state index contributed by atoms with van der Waals surface area (Å²) in [6, 6.07) is 15.7. The minimum Gasteiger partial charge on any atom is -0.376 e. The molecule has 3 rings (SSSR count). The normalized spacial score (nSPS) is 17.0. The molecule has 1 heterocycles. The van der Waals surface area contributed by atoms with Crippen LogP contribution in [-0.4, -0.2) is 31.1 Å². The second-order valence-electron chi connectivity index (χ2n) is 7.55. The smallest absolute Gasteiger partial charge is 0.257 e. The number of amides is 1. The fraction of sp³-hybridized carbons (Fsp3) is 0.391. The van der Waals surface area contributed by atoms with Crippen LogP contribution in [0, 0.1) is 6.92 Å². The molecule has 2 aromatic carbocycles. The van der Waals surface area contributed by atoms with Gasteiger partial charge in [-0.3, -0.25) is 10.1 Å². The number of aryl methyl sites for hydroxylation is 1. The number of hydrogen-bond acceptors (Lipinski definition) is 3. The van der Waals surface area contributed by atoms with Crippen LogP contribution in [0.4, 0.5) is 5.69 Å². The van der Waals surface area contributed by atoms with Crippen molar-refractivity contribution in [3.63, 3.8) is 0 Å². The Labute approximate surface area is 167 Å². The zero-order valence-corrected chi connectivity index (χ0v) is 16.9. The van der Waals surface area contributed by atoms with Crippen LogP contribution in [0.1, 0.15) is 54.1 Å². The van der Waals surface area contributed by atoms with Gasteiger partial charge in [0.05, 0.1) is 12.6 Å². The molecule has 1 fully saturated rings. The highest BCUT2D eigenvalue weighted by Crippen LogP contribution is 2.19. The summed E-state index contributed by atoms with van der Waals surface area (Å²) in [5.41, 5.74) is 3.79. The Morgan fingerprint density at radius 2 is 2.04 bits per heavy atom. The van der Waals surface area contributed by atoms with Gasteiger partial charge in [0, 0.05) is 17.9 Å². The van der Waals surface area contributed by atoms with Gasteiger partial charge < -0.3 is 10.1 Å². The third kappa shape index (κ3) is 5.67. The summed E-state index contributed by atoms with van der Waals surface area (Å²) < 4.78 is 5.66. The molecule has 2 N–H and O–H groups in total. The Morgan fingerprint density at radius 3 is 2.75 bits per heavy atom. The van der Waals surface area contributed by atoms with Gasteiger partial charge >= 0.3 is 0 Å². The second-order valence-corrected chi connectivity index (χ2v) is 7.55. The third-order valence-corrected chi connectivity index (χ3v) is 4.81. The van der Waals surface area contributed by atoms with Crippen LogP contribution in [0.5, 0.6) is 0 Å². The van der Waals surface area contributed by atoms with Crippen molar-refractivity contribution < 1.29 is 9.53 Å². The van der Waals surface area contributed by atoms with Crippen LogP contribution in [0.15, 0.2) is 53.5 Å². The summed E-state index contributed by atoms with van der Waals surface area (Å²) in [6.07, 6.45) is 2.19. The molecule has 1 aliphatic rings.